The van der Waals surface area contributed by atoms with E-state index in [-0.39, 0.29) is 18.5 Å². The van der Waals surface area contributed by atoms with E-state index in [1.165, 1.54) is 6.20 Å². The Kier molecular flexibility index (Phi) is 8.97. The van der Waals surface area contributed by atoms with Crippen molar-refractivity contribution in [1.29, 1.82) is 0 Å². The number of nitrogens with zero attached hydrogens (tertiary/aromatic N) is 3. The highest BCUT2D eigenvalue weighted by atomic mass is 19.4. The molecule has 0 spiro atoms. The monoisotopic (exact) mass is 417 g/mol. The molecule has 1 aliphatic rings. The van der Waals surface area contributed by atoms with Gasteiger partial charge in [0.2, 0.25) is 5.88 Å². The number of halogens is 3. The molecule has 1 saturated heterocycles. The van der Waals surface area contributed by atoms with E-state index >= 15 is 0 Å². The molecule has 10 heteroatoms. The molecule has 2 rings (SSSR count). The molecular weight excluding hydrogens is 387 g/mol. The second kappa shape index (κ2) is 11.2. The van der Waals surface area contributed by atoms with Crippen molar-refractivity contribution in [3.05, 3.63) is 23.9 Å². The summed E-state index contributed by atoms with van der Waals surface area (Å²) in [5.41, 5.74) is 0.511. The number of alkyl halides is 3. The van der Waals surface area contributed by atoms with Crippen LogP contribution in [0.15, 0.2) is 23.3 Å². The Morgan fingerprint density at radius 2 is 2.21 bits per heavy atom. The third-order valence-corrected chi connectivity index (χ3v) is 4.24. The van der Waals surface area contributed by atoms with Gasteiger partial charge in [-0.3, -0.25) is 9.89 Å². The number of aliphatic imine (C=N–C) groups is 1. The van der Waals surface area contributed by atoms with E-state index < -0.39 is 12.8 Å². The molecule has 1 unspecified atom stereocenters. The molecule has 2 N–H and O–H groups in total. The third kappa shape index (κ3) is 8.86. The van der Waals surface area contributed by atoms with Gasteiger partial charge in [-0.1, -0.05) is 19.9 Å². The van der Waals surface area contributed by atoms with Crippen molar-refractivity contribution in [2.45, 2.75) is 32.7 Å². The van der Waals surface area contributed by atoms with E-state index in [9.17, 15) is 13.2 Å². The lowest BCUT2D eigenvalue weighted by Gasteiger charge is -2.34. The summed E-state index contributed by atoms with van der Waals surface area (Å²) in [5.74, 6) is 1.08. The number of pyridine rings is 1. The maximum absolute atomic E-state index is 12.4. The third-order valence-electron chi connectivity index (χ3n) is 4.24. The minimum atomic E-state index is -4.41. The van der Waals surface area contributed by atoms with Gasteiger partial charge in [-0.25, -0.2) is 4.98 Å². The quantitative estimate of drug-likeness (QED) is 0.498. The zero-order valence-corrected chi connectivity index (χ0v) is 17.1. The summed E-state index contributed by atoms with van der Waals surface area (Å²) in [7, 11) is 1.63. The van der Waals surface area contributed by atoms with Gasteiger partial charge in [0.25, 0.3) is 0 Å². The van der Waals surface area contributed by atoms with Crippen LogP contribution in [0.2, 0.25) is 0 Å². The van der Waals surface area contributed by atoms with Gasteiger partial charge in [0, 0.05) is 51.5 Å². The van der Waals surface area contributed by atoms with Crippen molar-refractivity contribution >= 4 is 5.96 Å². The zero-order valence-electron chi connectivity index (χ0n) is 17.1. The predicted octanol–water partition coefficient (Wildman–Crippen LogP) is 2.04. The summed E-state index contributed by atoms with van der Waals surface area (Å²) in [6.45, 7) is 7.33. The van der Waals surface area contributed by atoms with Crippen molar-refractivity contribution in [1.82, 2.24) is 20.5 Å². The molecule has 1 aromatic heterocycles. The molecule has 0 amide bonds. The van der Waals surface area contributed by atoms with E-state index in [4.69, 9.17) is 9.47 Å². The van der Waals surface area contributed by atoms with Gasteiger partial charge in [-0.2, -0.15) is 13.2 Å². The number of morpholine rings is 1. The lowest BCUT2D eigenvalue weighted by molar-refractivity contribution is -0.154. The minimum absolute atomic E-state index is 0.0464. The van der Waals surface area contributed by atoms with Crippen molar-refractivity contribution < 1.29 is 22.6 Å². The molecule has 0 saturated carbocycles. The van der Waals surface area contributed by atoms with Crippen molar-refractivity contribution in [2.24, 2.45) is 10.9 Å². The second-order valence-electron chi connectivity index (χ2n) is 7.32. The number of ether oxygens (including phenoxy) is 2. The molecule has 2 heterocycles. The first-order valence-electron chi connectivity index (χ1n) is 9.68. The Morgan fingerprint density at radius 1 is 1.41 bits per heavy atom. The van der Waals surface area contributed by atoms with Gasteiger partial charge in [-0.15, -0.1) is 0 Å². The van der Waals surface area contributed by atoms with Crippen LogP contribution in [-0.4, -0.2) is 74.6 Å². The van der Waals surface area contributed by atoms with Crippen LogP contribution in [0.25, 0.3) is 0 Å². The maximum Gasteiger partial charge on any atom is 0.422 e. The Balaban J connectivity index is 1.82. The van der Waals surface area contributed by atoms with Gasteiger partial charge in [0.1, 0.15) is 0 Å². The Morgan fingerprint density at radius 3 is 2.90 bits per heavy atom. The Bertz CT molecular complexity index is 655. The van der Waals surface area contributed by atoms with Gasteiger partial charge in [-0.05, 0) is 12.0 Å². The summed E-state index contributed by atoms with van der Waals surface area (Å²) in [4.78, 5) is 10.4. The fourth-order valence-electron chi connectivity index (χ4n) is 3.04. The number of aromatic nitrogens is 1. The topological polar surface area (TPSA) is 71.0 Å². The fourth-order valence-corrected chi connectivity index (χ4v) is 3.04. The molecule has 0 aromatic carbocycles. The van der Waals surface area contributed by atoms with Crippen LogP contribution in [0.1, 0.15) is 19.4 Å². The van der Waals surface area contributed by atoms with Crippen LogP contribution in [0.4, 0.5) is 13.2 Å². The summed E-state index contributed by atoms with van der Waals surface area (Å²) in [6, 6.07) is 3.31. The lowest BCUT2D eigenvalue weighted by Crippen LogP contribution is -2.50. The zero-order chi connectivity index (χ0) is 21.3. The molecule has 0 aliphatic carbocycles. The number of rotatable bonds is 8. The van der Waals surface area contributed by atoms with Crippen LogP contribution >= 0.6 is 0 Å². The average Bonchev–Trinajstić information content (AvgIpc) is 2.66. The molecule has 0 radical (unpaired) electrons. The van der Waals surface area contributed by atoms with Gasteiger partial charge in [0.05, 0.1) is 12.7 Å². The predicted molar refractivity (Wildman–Crippen MR) is 105 cm³/mol. The number of nitrogens with one attached hydrogen (secondary N) is 2. The van der Waals surface area contributed by atoms with Crippen molar-refractivity contribution in [3.8, 4) is 5.88 Å². The largest absolute Gasteiger partial charge is 0.468 e. The Labute approximate surface area is 169 Å². The lowest BCUT2D eigenvalue weighted by atomic mass is 10.2. The van der Waals surface area contributed by atoms with Crippen LogP contribution in [0, 0.1) is 5.92 Å². The fraction of sp³-hybridized carbons (Fsp3) is 0.684. The highest BCUT2D eigenvalue weighted by Gasteiger charge is 2.29. The molecule has 29 heavy (non-hydrogen) atoms. The molecule has 7 nitrogen and oxygen atoms in total. The number of guanidine groups is 1. The SMILES string of the molecule is CN=C(NCc1cccnc1OCC(F)(F)F)NCC1CN(CC(C)C)CCO1. The van der Waals surface area contributed by atoms with E-state index in [1.54, 1.807) is 19.2 Å². The number of hydrogen-bond acceptors (Lipinski definition) is 5. The summed E-state index contributed by atoms with van der Waals surface area (Å²) in [5, 5.41) is 6.28. The van der Waals surface area contributed by atoms with E-state index in [0.717, 1.165) is 19.6 Å². The van der Waals surface area contributed by atoms with E-state index in [1.807, 2.05) is 0 Å². The molecule has 1 fully saturated rings. The minimum Gasteiger partial charge on any atom is -0.468 e. The van der Waals surface area contributed by atoms with Gasteiger partial charge in [0.15, 0.2) is 12.6 Å². The molecule has 1 aliphatic heterocycles. The smallest absolute Gasteiger partial charge is 0.422 e. The summed E-state index contributed by atoms with van der Waals surface area (Å²) < 4.78 is 47.8. The molecule has 164 valence electrons. The Hall–Kier alpha value is -2.07. The van der Waals surface area contributed by atoms with Crippen LogP contribution in [0.3, 0.4) is 0 Å². The van der Waals surface area contributed by atoms with Crippen LogP contribution in [0.5, 0.6) is 5.88 Å². The first-order chi connectivity index (χ1) is 13.8. The van der Waals surface area contributed by atoms with Gasteiger partial charge < -0.3 is 20.1 Å². The first kappa shape index (κ1) is 23.2. The first-order valence-corrected chi connectivity index (χ1v) is 9.68. The maximum atomic E-state index is 12.4. The van der Waals surface area contributed by atoms with Gasteiger partial charge >= 0.3 is 6.18 Å². The van der Waals surface area contributed by atoms with Crippen LogP contribution in [-0.2, 0) is 11.3 Å². The van der Waals surface area contributed by atoms with E-state index in [2.05, 4.69) is 39.4 Å². The highest BCUT2D eigenvalue weighted by Crippen LogP contribution is 2.19. The van der Waals surface area contributed by atoms with Crippen molar-refractivity contribution in [2.75, 3.05) is 46.4 Å². The van der Waals surface area contributed by atoms with Crippen LogP contribution < -0.4 is 15.4 Å². The molecule has 0 bridgehead atoms. The number of hydrogen-bond donors (Lipinski definition) is 2. The normalized spacial score (nSPS) is 18.7. The molecule has 1 aromatic rings. The second-order valence-corrected chi connectivity index (χ2v) is 7.32. The van der Waals surface area contributed by atoms with E-state index in [0.29, 0.717) is 30.6 Å². The summed E-state index contributed by atoms with van der Waals surface area (Å²) in [6.07, 6.45) is -2.97. The van der Waals surface area contributed by atoms with Crippen molar-refractivity contribution in [3.63, 3.8) is 0 Å². The summed E-state index contributed by atoms with van der Waals surface area (Å²) >= 11 is 0. The highest BCUT2D eigenvalue weighted by molar-refractivity contribution is 5.79. The standard InChI is InChI=1S/C19H30F3N5O2/c1-14(2)11-27-7-8-28-16(12-27)10-26-18(23-3)25-9-15-5-4-6-24-17(15)29-13-19(20,21)22/h4-6,14,16H,7-13H2,1-3H3,(H2,23,25,26). The molecule has 1 atom stereocenters. The average molecular weight is 417 g/mol. The molecular formula is C19H30F3N5O2.